The van der Waals surface area contributed by atoms with Crippen molar-refractivity contribution >= 4 is 23.4 Å². The Balaban J connectivity index is 1.38. The van der Waals surface area contributed by atoms with Crippen LogP contribution >= 0.6 is 11.6 Å². The highest BCUT2D eigenvalue weighted by molar-refractivity contribution is 6.30. The quantitative estimate of drug-likeness (QED) is 0.541. The molecule has 1 heterocycles. The van der Waals surface area contributed by atoms with Crippen LogP contribution in [0.2, 0.25) is 5.02 Å². The number of carbonyl (C=O) groups is 2. The summed E-state index contributed by atoms with van der Waals surface area (Å²) in [5.41, 5.74) is 2.63. The molecule has 0 aliphatic carbocycles. The summed E-state index contributed by atoms with van der Waals surface area (Å²) in [6.07, 6.45) is 1.33. The van der Waals surface area contributed by atoms with Crippen molar-refractivity contribution in [2.24, 2.45) is 5.92 Å². The lowest BCUT2D eigenvalue weighted by molar-refractivity contribution is -0.126. The second kappa shape index (κ2) is 10.2. The molecule has 0 spiro atoms. The number of nitrogens with zero attached hydrogens (tertiary/aromatic N) is 1. The molecule has 170 valence electrons. The van der Waals surface area contributed by atoms with Crippen molar-refractivity contribution in [3.8, 4) is 0 Å². The van der Waals surface area contributed by atoms with Crippen molar-refractivity contribution in [2.45, 2.75) is 25.2 Å². The molecule has 5 heteroatoms. The van der Waals surface area contributed by atoms with E-state index in [2.05, 4.69) is 36.5 Å². The van der Waals surface area contributed by atoms with Gasteiger partial charge in [-0.2, -0.15) is 0 Å². The van der Waals surface area contributed by atoms with Gasteiger partial charge in [-0.3, -0.25) is 9.59 Å². The van der Waals surface area contributed by atoms with Crippen LogP contribution in [0.1, 0.15) is 41.3 Å². The molecular formula is C28H29ClN2O2. The van der Waals surface area contributed by atoms with Gasteiger partial charge in [-0.05, 0) is 55.2 Å². The zero-order chi connectivity index (χ0) is 23.3. The van der Waals surface area contributed by atoms with E-state index < -0.39 is 0 Å². The van der Waals surface area contributed by atoms with Crippen LogP contribution in [0.4, 0.5) is 0 Å². The highest BCUT2D eigenvalue weighted by Gasteiger charge is 2.32. The van der Waals surface area contributed by atoms with Gasteiger partial charge >= 0.3 is 0 Å². The topological polar surface area (TPSA) is 49.4 Å². The number of likely N-dealkylation sites (tertiary alicyclic amines) is 1. The molecule has 0 saturated carbocycles. The van der Waals surface area contributed by atoms with Crippen molar-refractivity contribution in [3.63, 3.8) is 0 Å². The Morgan fingerprint density at radius 2 is 1.39 bits per heavy atom. The van der Waals surface area contributed by atoms with Gasteiger partial charge in [0.05, 0.1) is 0 Å². The Hall–Kier alpha value is -3.11. The number of amides is 2. The van der Waals surface area contributed by atoms with E-state index in [0.29, 0.717) is 43.1 Å². The number of rotatable bonds is 6. The van der Waals surface area contributed by atoms with Gasteiger partial charge in [-0.1, -0.05) is 72.3 Å². The van der Waals surface area contributed by atoms with E-state index in [9.17, 15) is 9.59 Å². The molecule has 0 bridgehead atoms. The summed E-state index contributed by atoms with van der Waals surface area (Å²) in [7, 11) is 0. The summed E-state index contributed by atoms with van der Waals surface area (Å²) in [6, 6.07) is 27.5. The number of hydrogen-bond acceptors (Lipinski definition) is 2. The van der Waals surface area contributed by atoms with Gasteiger partial charge in [0.1, 0.15) is 0 Å². The minimum atomic E-state index is -0.330. The van der Waals surface area contributed by atoms with Gasteiger partial charge < -0.3 is 10.2 Å². The first-order valence-electron chi connectivity index (χ1n) is 11.4. The van der Waals surface area contributed by atoms with Gasteiger partial charge in [0.2, 0.25) is 5.91 Å². The normalized spacial score (nSPS) is 14.7. The molecule has 0 unspecified atom stereocenters. The zero-order valence-corrected chi connectivity index (χ0v) is 19.6. The van der Waals surface area contributed by atoms with E-state index in [0.717, 1.165) is 0 Å². The number of carbonyl (C=O) groups excluding carboxylic acids is 2. The Bertz CT molecular complexity index is 1040. The van der Waals surface area contributed by atoms with Gasteiger partial charge in [0.15, 0.2) is 0 Å². The third kappa shape index (κ3) is 5.28. The Kier molecular flexibility index (Phi) is 7.14. The fourth-order valence-corrected chi connectivity index (χ4v) is 4.64. The molecule has 1 aliphatic heterocycles. The van der Waals surface area contributed by atoms with Crippen LogP contribution in [0.5, 0.6) is 0 Å². The summed E-state index contributed by atoms with van der Waals surface area (Å²) < 4.78 is 0. The van der Waals surface area contributed by atoms with Crippen LogP contribution < -0.4 is 5.32 Å². The minimum absolute atomic E-state index is 0.00810. The van der Waals surface area contributed by atoms with E-state index >= 15 is 0 Å². The van der Waals surface area contributed by atoms with E-state index in [-0.39, 0.29) is 23.1 Å². The zero-order valence-electron chi connectivity index (χ0n) is 18.8. The van der Waals surface area contributed by atoms with Crippen LogP contribution in [0.25, 0.3) is 0 Å². The molecule has 33 heavy (non-hydrogen) atoms. The van der Waals surface area contributed by atoms with Crippen molar-refractivity contribution in [1.29, 1.82) is 0 Å². The van der Waals surface area contributed by atoms with E-state index in [1.54, 1.807) is 24.3 Å². The third-order valence-electron chi connectivity index (χ3n) is 6.68. The molecule has 1 N–H and O–H groups in total. The Morgan fingerprint density at radius 1 is 0.879 bits per heavy atom. The van der Waals surface area contributed by atoms with E-state index in [1.807, 2.05) is 41.3 Å². The number of benzene rings is 3. The van der Waals surface area contributed by atoms with Gasteiger partial charge in [0.25, 0.3) is 5.91 Å². The van der Waals surface area contributed by atoms with Crippen molar-refractivity contribution in [2.75, 3.05) is 19.6 Å². The average molecular weight is 461 g/mol. The standard InChI is InChI=1S/C28H29ClN2O2/c1-28(23-8-4-2-5-9-23,24-10-6-3-7-11-24)20-30-26(32)21-16-18-31(19-17-21)27(33)22-12-14-25(29)15-13-22/h2-15,21H,16-20H2,1H3,(H,30,32). The van der Waals surface area contributed by atoms with Crippen LogP contribution in [-0.2, 0) is 10.2 Å². The number of piperidine rings is 1. The molecule has 4 nitrogen and oxygen atoms in total. The Labute approximate surface area is 200 Å². The summed E-state index contributed by atoms with van der Waals surface area (Å²) in [5.74, 6) is -0.0343. The molecule has 3 aromatic carbocycles. The van der Waals surface area contributed by atoms with Gasteiger partial charge in [-0.25, -0.2) is 0 Å². The van der Waals surface area contributed by atoms with Crippen molar-refractivity contribution in [3.05, 3.63) is 107 Å². The second-order valence-electron chi connectivity index (χ2n) is 8.86. The Morgan fingerprint density at radius 3 is 1.91 bits per heavy atom. The number of halogens is 1. The molecule has 0 radical (unpaired) electrons. The molecule has 3 aromatic rings. The van der Waals surface area contributed by atoms with Gasteiger partial charge in [-0.15, -0.1) is 0 Å². The number of hydrogen-bond donors (Lipinski definition) is 1. The third-order valence-corrected chi connectivity index (χ3v) is 6.93. The molecular weight excluding hydrogens is 432 g/mol. The van der Waals surface area contributed by atoms with Crippen LogP contribution in [0.15, 0.2) is 84.9 Å². The van der Waals surface area contributed by atoms with E-state index in [1.165, 1.54) is 11.1 Å². The molecule has 1 fully saturated rings. The average Bonchev–Trinajstić information content (AvgIpc) is 2.88. The summed E-state index contributed by atoms with van der Waals surface area (Å²) in [6.45, 7) is 3.84. The van der Waals surface area contributed by atoms with E-state index in [4.69, 9.17) is 11.6 Å². The lowest BCUT2D eigenvalue weighted by Gasteiger charge is -2.34. The maximum Gasteiger partial charge on any atom is 0.253 e. The largest absolute Gasteiger partial charge is 0.355 e. The molecule has 1 aliphatic rings. The highest BCUT2D eigenvalue weighted by Crippen LogP contribution is 2.31. The predicted octanol–water partition coefficient (Wildman–Crippen LogP) is 5.31. The fraction of sp³-hybridized carbons (Fsp3) is 0.286. The lowest BCUT2D eigenvalue weighted by atomic mass is 9.76. The van der Waals surface area contributed by atoms with Crippen LogP contribution in [0.3, 0.4) is 0 Å². The number of nitrogens with one attached hydrogen (secondary N) is 1. The molecule has 0 aromatic heterocycles. The summed E-state index contributed by atoms with van der Waals surface area (Å²) in [5, 5.41) is 3.83. The second-order valence-corrected chi connectivity index (χ2v) is 9.29. The lowest BCUT2D eigenvalue weighted by Crippen LogP contribution is -2.46. The molecule has 1 saturated heterocycles. The summed E-state index contributed by atoms with van der Waals surface area (Å²) in [4.78, 5) is 27.6. The fourth-order valence-electron chi connectivity index (χ4n) is 4.51. The van der Waals surface area contributed by atoms with Crippen molar-refractivity contribution < 1.29 is 9.59 Å². The smallest absolute Gasteiger partial charge is 0.253 e. The SMILES string of the molecule is CC(CNC(=O)C1CCN(C(=O)c2ccc(Cl)cc2)CC1)(c1ccccc1)c1ccccc1. The van der Waals surface area contributed by atoms with Crippen LogP contribution in [0, 0.1) is 5.92 Å². The highest BCUT2D eigenvalue weighted by atomic mass is 35.5. The monoisotopic (exact) mass is 460 g/mol. The van der Waals surface area contributed by atoms with Gasteiger partial charge in [0, 0.05) is 41.6 Å². The first-order valence-corrected chi connectivity index (χ1v) is 11.8. The maximum atomic E-state index is 13.1. The first kappa shape index (κ1) is 23.1. The maximum absolute atomic E-state index is 13.1. The predicted molar refractivity (Wildman–Crippen MR) is 132 cm³/mol. The van der Waals surface area contributed by atoms with Crippen molar-refractivity contribution in [1.82, 2.24) is 10.2 Å². The first-order chi connectivity index (χ1) is 16.0. The molecule has 2 amide bonds. The minimum Gasteiger partial charge on any atom is -0.355 e. The molecule has 4 rings (SSSR count). The van der Waals surface area contributed by atoms with Crippen LogP contribution in [-0.4, -0.2) is 36.3 Å². The summed E-state index contributed by atoms with van der Waals surface area (Å²) >= 11 is 5.93. The molecule has 0 atom stereocenters.